The van der Waals surface area contributed by atoms with Crippen LogP contribution in [-0.4, -0.2) is 21.7 Å². The quantitative estimate of drug-likeness (QED) is 0.726. The fourth-order valence-corrected chi connectivity index (χ4v) is 2.85. The number of rotatable bonds is 2. The Kier molecular flexibility index (Phi) is 3.11. The summed E-state index contributed by atoms with van der Waals surface area (Å²) >= 11 is 0. The molecule has 4 rings (SSSR count). The minimum Gasteiger partial charge on any atom is -0.360 e. The first-order chi connectivity index (χ1) is 10.8. The third-order valence-electron chi connectivity index (χ3n) is 3.96. The predicted molar refractivity (Wildman–Crippen MR) is 83.5 cm³/mol. The van der Waals surface area contributed by atoms with Crippen LogP contribution in [0.15, 0.2) is 47.1 Å². The lowest BCUT2D eigenvalue weighted by atomic mass is 10.0. The van der Waals surface area contributed by atoms with Crippen LogP contribution in [0.25, 0.3) is 11.3 Å². The van der Waals surface area contributed by atoms with E-state index >= 15 is 0 Å². The van der Waals surface area contributed by atoms with Gasteiger partial charge in [0.25, 0.3) is 0 Å². The second kappa shape index (κ2) is 5.26. The van der Waals surface area contributed by atoms with Crippen LogP contribution < -0.4 is 4.90 Å². The standard InChI is InChI=1S/C17H16N4O/c1-12-18-9-7-16(19-12)21-10-8-15-14(11-21)17(20-22-15)13-5-3-2-4-6-13/h2-7,9H,8,10-11H2,1H3. The summed E-state index contributed by atoms with van der Waals surface area (Å²) in [4.78, 5) is 10.9. The Hall–Kier alpha value is -2.69. The minimum atomic E-state index is 0.763. The molecule has 0 spiro atoms. The van der Waals surface area contributed by atoms with Crippen molar-refractivity contribution in [1.29, 1.82) is 0 Å². The molecule has 0 fully saturated rings. The number of fused-ring (bicyclic) bond motifs is 1. The second-order valence-electron chi connectivity index (χ2n) is 5.43. The van der Waals surface area contributed by atoms with Gasteiger partial charge in [-0.05, 0) is 13.0 Å². The molecular weight excluding hydrogens is 276 g/mol. The molecular formula is C17H16N4O. The summed E-state index contributed by atoms with van der Waals surface area (Å²) < 4.78 is 5.54. The van der Waals surface area contributed by atoms with Gasteiger partial charge in [-0.3, -0.25) is 0 Å². The molecule has 1 aliphatic heterocycles. The molecule has 0 saturated heterocycles. The highest BCUT2D eigenvalue weighted by molar-refractivity contribution is 5.64. The normalized spacial score (nSPS) is 14.0. The van der Waals surface area contributed by atoms with Gasteiger partial charge in [0.05, 0.1) is 6.54 Å². The number of aromatic nitrogens is 3. The number of hydrogen-bond donors (Lipinski definition) is 0. The van der Waals surface area contributed by atoms with Gasteiger partial charge in [0.1, 0.15) is 23.1 Å². The van der Waals surface area contributed by atoms with E-state index in [9.17, 15) is 0 Å². The molecule has 0 radical (unpaired) electrons. The van der Waals surface area contributed by atoms with Gasteiger partial charge in [0.2, 0.25) is 0 Å². The summed E-state index contributed by atoms with van der Waals surface area (Å²) in [5, 5.41) is 4.28. The van der Waals surface area contributed by atoms with E-state index in [4.69, 9.17) is 4.52 Å². The Morgan fingerprint density at radius 2 is 2.00 bits per heavy atom. The highest BCUT2D eigenvalue weighted by Gasteiger charge is 2.25. The second-order valence-corrected chi connectivity index (χ2v) is 5.43. The molecule has 5 heteroatoms. The molecule has 0 atom stereocenters. The third-order valence-corrected chi connectivity index (χ3v) is 3.96. The van der Waals surface area contributed by atoms with Crippen molar-refractivity contribution in [2.45, 2.75) is 19.9 Å². The van der Waals surface area contributed by atoms with E-state index in [2.05, 4.69) is 32.2 Å². The summed E-state index contributed by atoms with van der Waals surface area (Å²) in [7, 11) is 0. The van der Waals surface area contributed by atoms with Crippen molar-refractivity contribution in [3.8, 4) is 11.3 Å². The number of hydrogen-bond acceptors (Lipinski definition) is 5. The maximum atomic E-state index is 5.54. The Labute approximate surface area is 128 Å². The molecule has 22 heavy (non-hydrogen) atoms. The molecule has 2 aromatic heterocycles. The van der Waals surface area contributed by atoms with Crippen LogP contribution in [-0.2, 0) is 13.0 Å². The molecule has 0 saturated carbocycles. The molecule has 0 aliphatic carbocycles. The van der Waals surface area contributed by atoms with Crippen molar-refractivity contribution in [2.24, 2.45) is 0 Å². The number of anilines is 1. The van der Waals surface area contributed by atoms with Crippen LogP contribution in [0, 0.1) is 6.92 Å². The van der Waals surface area contributed by atoms with E-state index < -0.39 is 0 Å². The average molecular weight is 292 g/mol. The van der Waals surface area contributed by atoms with Gasteiger partial charge >= 0.3 is 0 Å². The average Bonchev–Trinajstić information content (AvgIpc) is 2.99. The first kappa shape index (κ1) is 13.0. The van der Waals surface area contributed by atoms with E-state index in [1.54, 1.807) is 6.20 Å². The van der Waals surface area contributed by atoms with Crippen molar-refractivity contribution < 1.29 is 4.52 Å². The van der Waals surface area contributed by atoms with Gasteiger partial charge in [-0.1, -0.05) is 35.5 Å². The Bertz CT molecular complexity index is 797. The molecule has 5 nitrogen and oxygen atoms in total. The first-order valence-electron chi connectivity index (χ1n) is 7.39. The molecule has 1 aromatic carbocycles. The number of nitrogens with zero attached hydrogens (tertiary/aromatic N) is 4. The zero-order valence-electron chi connectivity index (χ0n) is 12.4. The maximum Gasteiger partial charge on any atom is 0.144 e. The fourth-order valence-electron chi connectivity index (χ4n) is 2.85. The van der Waals surface area contributed by atoms with Gasteiger partial charge in [-0.15, -0.1) is 0 Å². The topological polar surface area (TPSA) is 55.1 Å². The van der Waals surface area contributed by atoms with Crippen molar-refractivity contribution in [3.63, 3.8) is 0 Å². The van der Waals surface area contributed by atoms with E-state index in [0.717, 1.165) is 53.7 Å². The van der Waals surface area contributed by atoms with Gasteiger partial charge in [0, 0.05) is 30.3 Å². The predicted octanol–water partition coefficient (Wildman–Crippen LogP) is 3.00. The van der Waals surface area contributed by atoms with Crippen molar-refractivity contribution in [1.82, 2.24) is 15.1 Å². The van der Waals surface area contributed by atoms with Crippen LogP contribution >= 0.6 is 0 Å². The molecule has 1 aliphatic rings. The minimum absolute atomic E-state index is 0.763. The fraction of sp³-hybridized carbons (Fsp3) is 0.235. The molecule has 0 N–H and O–H groups in total. The van der Waals surface area contributed by atoms with E-state index in [0.29, 0.717) is 0 Å². The summed E-state index contributed by atoms with van der Waals surface area (Å²) in [5.41, 5.74) is 3.19. The van der Waals surface area contributed by atoms with Crippen LogP contribution in [0.5, 0.6) is 0 Å². The van der Waals surface area contributed by atoms with Crippen molar-refractivity contribution in [2.75, 3.05) is 11.4 Å². The van der Waals surface area contributed by atoms with E-state index in [1.807, 2.05) is 31.2 Å². The monoisotopic (exact) mass is 292 g/mol. The number of benzene rings is 1. The van der Waals surface area contributed by atoms with Gasteiger partial charge in [0.15, 0.2) is 0 Å². The summed E-state index contributed by atoms with van der Waals surface area (Å²) in [6.45, 7) is 3.56. The number of aryl methyl sites for hydroxylation is 1. The van der Waals surface area contributed by atoms with E-state index in [1.165, 1.54) is 0 Å². The van der Waals surface area contributed by atoms with Gasteiger partial charge in [-0.2, -0.15) is 0 Å². The summed E-state index contributed by atoms with van der Waals surface area (Å²) in [5.74, 6) is 2.73. The maximum absolute atomic E-state index is 5.54. The third kappa shape index (κ3) is 2.24. The zero-order valence-corrected chi connectivity index (χ0v) is 12.4. The molecule has 0 bridgehead atoms. The molecule has 3 heterocycles. The first-order valence-corrected chi connectivity index (χ1v) is 7.39. The SMILES string of the molecule is Cc1nccc(N2CCc3onc(-c4ccccc4)c3C2)n1. The van der Waals surface area contributed by atoms with Crippen molar-refractivity contribution >= 4 is 5.82 Å². The largest absolute Gasteiger partial charge is 0.360 e. The van der Waals surface area contributed by atoms with Crippen LogP contribution in [0.2, 0.25) is 0 Å². The lowest BCUT2D eigenvalue weighted by Crippen LogP contribution is -2.30. The Morgan fingerprint density at radius 3 is 2.82 bits per heavy atom. The molecule has 3 aromatic rings. The highest BCUT2D eigenvalue weighted by atomic mass is 16.5. The zero-order chi connectivity index (χ0) is 14.9. The van der Waals surface area contributed by atoms with Gasteiger partial charge in [-0.25, -0.2) is 9.97 Å². The lowest BCUT2D eigenvalue weighted by molar-refractivity contribution is 0.379. The molecule has 110 valence electrons. The summed E-state index contributed by atoms with van der Waals surface area (Å²) in [6.07, 6.45) is 2.65. The Morgan fingerprint density at radius 1 is 1.14 bits per heavy atom. The summed E-state index contributed by atoms with van der Waals surface area (Å²) in [6, 6.07) is 12.1. The van der Waals surface area contributed by atoms with Crippen LogP contribution in [0.4, 0.5) is 5.82 Å². The van der Waals surface area contributed by atoms with Crippen molar-refractivity contribution in [3.05, 3.63) is 59.7 Å². The van der Waals surface area contributed by atoms with Crippen LogP contribution in [0.1, 0.15) is 17.1 Å². The highest BCUT2D eigenvalue weighted by Crippen LogP contribution is 2.31. The van der Waals surface area contributed by atoms with Gasteiger partial charge < -0.3 is 9.42 Å². The molecule has 0 unspecified atom stereocenters. The molecule has 0 amide bonds. The van der Waals surface area contributed by atoms with E-state index in [-0.39, 0.29) is 0 Å². The smallest absolute Gasteiger partial charge is 0.144 e. The Balaban J connectivity index is 1.70. The van der Waals surface area contributed by atoms with Crippen LogP contribution in [0.3, 0.4) is 0 Å². The lowest BCUT2D eigenvalue weighted by Gasteiger charge is -2.27.